The third kappa shape index (κ3) is 6.98. The second-order valence-electron chi connectivity index (χ2n) is 6.48. The minimum absolute atomic E-state index is 0. The lowest BCUT2D eigenvalue weighted by molar-refractivity contribution is 0.462. The molecule has 4 rings (SSSR count). The molecule has 0 unspecified atom stereocenters. The van der Waals surface area contributed by atoms with Gasteiger partial charge < -0.3 is 4.42 Å². The van der Waals surface area contributed by atoms with Gasteiger partial charge >= 0.3 is 0 Å². The van der Waals surface area contributed by atoms with E-state index in [0.717, 1.165) is 16.9 Å². The first-order valence-electron chi connectivity index (χ1n) is 10.2. The number of alkyl halides is 1. The summed E-state index contributed by atoms with van der Waals surface area (Å²) < 4.78 is 19.3. The highest BCUT2D eigenvalue weighted by Gasteiger charge is 2.15. The smallest absolute Gasteiger partial charge is 0.226 e. The van der Waals surface area contributed by atoms with Gasteiger partial charge in [0, 0.05) is 22.6 Å². The van der Waals surface area contributed by atoms with E-state index < -0.39 is 6.67 Å². The Hall–Kier alpha value is -2.56. The highest BCUT2D eigenvalue weighted by atomic mass is 35.5. The van der Waals surface area contributed by atoms with Crippen LogP contribution in [0.1, 0.15) is 36.4 Å². The Morgan fingerprint density at radius 1 is 0.806 bits per heavy atom. The predicted octanol–water partition coefficient (Wildman–Crippen LogP) is 8.14. The van der Waals surface area contributed by atoms with E-state index in [1.165, 1.54) is 10.5 Å². The SMILES string of the molecule is CC.Cl.FCc1nc(-c2ccccc2)oc1Cc1ccc(SCc2ccccc2)cc1. The van der Waals surface area contributed by atoms with E-state index in [9.17, 15) is 4.39 Å². The molecule has 162 valence electrons. The maximum atomic E-state index is 13.4. The third-order valence-electron chi connectivity index (χ3n) is 4.46. The second-order valence-corrected chi connectivity index (χ2v) is 7.53. The van der Waals surface area contributed by atoms with E-state index in [0.29, 0.717) is 23.8 Å². The summed E-state index contributed by atoms with van der Waals surface area (Å²) in [5, 5.41) is 0. The molecule has 4 aromatic rings. The van der Waals surface area contributed by atoms with Gasteiger partial charge in [-0.1, -0.05) is 74.5 Å². The minimum atomic E-state index is -0.628. The fourth-order valence-corrected chi connectivity index (χ4v) is 3.81. The maximum absolute atomic E-state index is 13.4. The van der Waals surface area contributed by atoms with E-state index in [1.54, 1.807) is 11.8 Å². The summed E-state index contributed by atoms with van der Waals surface area (Å²) in [6.07, 6.45) is 0.530. The van der Waals surface area contributed by atoms with Gasteiger partial charge in [-0.15, -0.1) is 24.2 Å². The summed E-state index contributed by atoms with van der Waals surface area (Å²) in [5.74, 6) is 2.00. The van der Waals surface area contributed by atoms with Gasteiger partial charge in [0.05, 0.1) is 0 Å². The monoisotopic (exact) mass is 455 g/mol. The first kappa shape index (κ1) is 24.7. The van der Waals surface area contributed by atoms with Crippen LogP contribution in [0, 0.1) is 0 Å². The van der Waals surface area contributed by atoms with Crippen LogP contribution in [-0.2, 0) is 18.8 Å². The Bertz CT molecular complexity index is 1020. The standard InChI is InChI=1S/C24H20FNOS.C2H6.ClH/c25-16-22-23(27-24(26-22)20-9-5-2-6-10-20)15-18-11-13-21(14-12-18)28-17-19-7-3-1-4-8-19;1-2;/h1-14H,15-17H2;1-2H3;1H. The Kier molecular flexibility index (Phi) is 10.3. The van der Waals surface area contributed by atoms with Crippen molar-refractivity contribution in [3.63, 3.8) is 0 Å². The van der Waals surface area contributed by atoms with Gasteiger partial charge in [0.25, 0.3) is 0 Å². The molecule has 0 spiro atoms. The zero-order chi connectivity index (χ0) is 21.2. The molecule has 1 aromatic heterocycles. The Morgan fingerprint density at radius 3 is 2.03 bits per heavy atom. The normalized spacial score (nSPS) is 10.0. The molecular formula is C26H27ClFNOS. The van der Waals surface area contributed by atoms with Gasteiger partial charge in [0.1, 0.15) is 18.1 Å². The number of thioether (sulfide) groups is 1. The topological polar surface area (TPSA) is 26.0 Å². The van der Waals surface area contributed by atoms with Gasteiger partial charge in [-0.3, -0.25) is 0 Å². The van der Waals surface area contributed by atoms with Crippen molar-refractivity contribution in [1.29, 1.82) is 0 Å². The van der Waals surface area contributed by atoms with Crippen LogP contribution in [0.4, 0.5) is 4.39 Å². The number of hydrogen-bond acceptors (Lipinski definition) is 3. The lowest BCUT2D eigenvalue weighted by atomic mass is 10.1. The van der Waals surface area contributed by atoms with E-state index in [-0.39, 0.29) is 12.4 Å². The maximum Gasteiger partial charge on any atom is 0.226 e. The fraction of sp³-hybridized carbons (Fsp3) is 0.192. The molecule has 2 nitrogen and oxygen atoms in total. The third-order valence-corrected chi connectivity index (χ3v) is 5.55. The quantitative estimate of drug-likeness (QED) is 0.263. The zero-order valence-corrected chi connectivity index (χ0v) is 19.4. The number of rotatable bonds is 7. The molecule has 1 heterocycles. The molecule has 0 fully saturated rings. The average Bonchev–Trinajstić information content (AvgIpc) is 3.24. The molecule has 0 aliphatic heterocycles. The largest absolute Gasteiger partial charge is 0.440 e. The summed E-state index contributed by atoms with van der Waals surface area (Å²) in [7, 11) is 0. The first-order valence-corrected chi connectivity index (χ1v) is 11.2. The van der Waals surface area contributed by atoms with Crippen molar-refractivity contribution in [2.45, 2.75) is 37.6 Å². The summed E-state index contributed by atoms with van der Waals surface area (Å²) in [4.78, 5) is 5.54. The zero-order valence-electron chi connectivity index (χ0n) is 17.8. The van der Waals surface area contributed by atoms with Gasteiger partial charge in [-0.2, -0.15) is 0 Å². The highest BCUT2D eigenvalue weighted by molar-refractivity contribution is 7.98. The summed E-state index contributed by atoms with van der Waals surface area (Å²) >= 11 is 1.80. The van der Waals surface area contributed by atoms with Crippen LogP contribution in [0.5, 0.6) is 0 Å². The second kappa shape index (κ2) is 13.0. The van der Waals surface area contributed by atoms with Gasteiger partial charge in [0.2, 0.25) is 5.89 Å². The van der Waals surface area contributed by atoms with Crippen molar-refractivity contribution in [1.82, 2.24) is 4.98 Å². The lowest BCUT2D eigenvalue weighted by Crippen LogP contribution is -1.91. The van der Waals surface area contributed by atoms with Crippen molar-refractivity contribution < 1.29 is 8.81 Å². The van der Waals surface area contributed by atoms with E-state index in [4.69, 9.17) is 4.42 Å². The number of oxazole rings is 1. The van der Waals surface area contributed by atoms with Crippen LogP contribution in [0.3, 0.4) is 0 Å². The highest BCUT2D eigenvalue weighted by Crippen LogP contribution is 2.26. The van der Waals surface area contributed by atoms with Crippen molar-refractivity contribution in [3.8, 4) is 11.5 Å². The van der Waals surface area contributed by atoms with Gasteiger partial charge in [-0.25, -0.2) is 9.37 Å². The molecule has 0 amide bonds. The number of halogens is 2. The number of nitrogens with zero attached hydrogens (tertiary/aromatic N) is 1. The van der Waals surface area contributed by atoms with Crippen LogP contribution in [0.25, 0.3) is 11.5 Å². The Balaban J connectivity index is 0.00000111. The molecule has 3 aromatic carbocycles. The van der Waals surface area contributed by atoms with Gasteiger partial charge in [0.15, 0.2) is 0 Å². The number of benzene rings is 3. The first-order chi connectivity index (χ1) is 14.8. The fourth-order valence-electron chi connectivity index (χ4n) is 2.96. The van der Waals surface area contributed by atoms with E-state index >= 15 is 0 Å². The van der Waals surface area contributed by atoms with Crippen LogP contribution in [-0.4, -0.2) is 4.98 Å². The average molecular weight is 456 g/mol. The van der Waals surface area contributed by atoms with Crippen LogP contribution in [0.15, 0.2) is 94.2 Å². The van der Waals surface area contributed by atoms with Crippen molar-refractivity contribution >= 4 is 24.2 Å². The molecule has 5 heteroatoms. The van der Waals surface area contributed by atoms with E-state index in [2.05, 4.69) is 53.5 Å². The van der Waals surface area contributed by atoms with Crippen LogP contribution >= 0.6 is 24.2 Å². The molecule has 0 aliphatic rings. The molecule has 0 aliphatic carbocycles. The van der Waals surface area contributed by atoms with Crippen molar-refractivity contribution in [2.24, 2.45) is 0 Å². The lowest BCUT2D eigenvalue weighted by Gasteiger charge is -2.04. The number of aromatic nitrogens is 1. The summed E-state index contributed by atoms with van der Waals surface area (Å²) in [6, 6.07) is 28.3. The van der Waals surface area contributed by atoms with E-state index in [1.807, 2.05) is 50.2 Å². The van der Waals surface area contributed by atoms with Crippen LogP contribution in [0.2, 0.25) is 0 Å². The minimum Gasteiger partial charge on any atom is -0.440 e. The van der Waals surface area contributed by atoms with Crippen molar-refractivity contribution in [3.05, 3.63) is 108 Å². The molecular weight excluding hydrogens is 429 g/mol. The Labute approximate surface area is 194 Å². The molecule has 0 N–H and O–H groups in total. The predicted molar refractivity (Wildman–Crippen MR) is 131 cm³/mol. The number of hydrogen-bond donors (Lipinski definition) is 0. The van der Waals surface area contributed by atoms with Crippen LogP contribution < -0.4 is 0 Å². The summed E-state index contributed by atoms with van der Waals surface area (Å²) in [6.45, 7) is 3.37. The Morgan fingerprint density at radius 2 is 1.42 bits per heavy atom. The molecule has 0 saturated carbocycles. The molecule has 0 saturated heterocycles. The van der Waals surface area contributed by atoms with Gasteiger partial charge in [-0.05, 0) is 35.4 Å². The van der Waals surface area contributed by atoms with Crippen molar-refractivity contribution in [2.75, 3.05) is 0 Å². The molecule has 0 bridgehead atoms. The molecule has 0 radical (unpaired) electrons. The summed E-state index contributed by atoms with van der Waals surface area (Å²) in [5.41, 5.74) is 3.62. The molecule has 31 heavy (non-hydrogen) atoms. The molecule has 0 atom stereocenters.